The molecule has 4 rings (SSSR count). The maximum atomic E-state index is 13.5. The number of nitrogens with zero attached hydrogens (tertiary/aromatic N) is 5. The van der Waals surface area contributed by atoms with E-state index in [0.29, 0.717) is 49.6 Å². The maximum absolute atomic E-state index is 13.5. The van der Waals surface area contributed by atoms with Gasteiger partial charge in [-0.15, -0.1) is 0 Å². The van der Waals surface area contributed by atoms with Crippen molar-refractivity contribution < 1.29 is 65.5 Å². The van der Waals surface area contributed by atoms with Crippen molar-refractivity contribution >= 4 is 29.4 Å². The normalized spacial score (nSPS) is 16.5. The molecular weight excluding hydrogens is 794 g/mol. The molecule has 0 aliphatic carbocycles. The summed E-state index contributed by atoms with van der Waals surface area (Å²) < 4.78 is 91.6. The van der Waals surface area contributed by atoms with Crippen molar-refractivity contribution in [2.75, 3.05) is 44.2 Å². The second kappa shape index (κ2) is 21.1. The standard InChI is InChI=1S/C27H28F6N6O3.C12H22O5/c1-5-25(34)17(12-19-20(39(25)24(40)41)6-7-22(36-19)42-4)23-35-13-21(38(2)3)18(37-23)10-14-8-15(26(28,29)30)11-16(9-14)27(31,32)33;13-11(14)7-3-1-5-9-17-10-6-2-4-8-12(15)16/h6-9,11,13,17H,5,10,12,34H2,1-4H3,(H,40,41);1-10H2,(H,13,14)(H,15,16). The lowest BCUT2D eigenvalue weighted by atomic mass is 9.80. The van der Waals surface area contributed by atoms with Gasteiger partial charge >= 0.3 is 30.4 Å². The highest BCUT2D eigenvalue weighted by atomic mass is 19.4. The largest absolute Gasteiger partial charge is 0.481 e. The number of pyridine rings is 1. The van der Waals surface area contributed by atoms with Crippen molar-refractivity contribution in [3.8, 4) is 5.88 Å². The fourth-order valence-electron chi connectivity index (χ4n) is 6.52. The summed E-state index contributed by atoms with van der Waals surface area (Å²) in [5, 5.41) is 27.0. The first-order valence-corrected chi connectivity index (χ1v) is 18.8. The van der Waals surface area contributed by atoms with Crippen molar-refractivity contribution in [3.63, 3.8) is 0 Å². The molecule has 1 aliphatic rings. The number of methoxy groups -OCH3 is 1. The smallest absolute Gasteiger partial charge is 0.416 e. The molecule has 0 radical (unpaired) electrons. The number of carboxylic acid groups (broad SMARTS) is 3. The second-order valence-electron chi connectivity index (χ2n) is 14.1. The number of ether oxygens (including phenoxy) is 2. The van der Waals surface area contributed by atoms with Crippen LogP contribution in [-0.4, -0.2) is 88.4 Å². The van der Waals surface area contributed by atoms with E-state index in [1.54, 1.807) is 25.9 Å². The Bertz CT molecular complexity index is 1840. The number of amides is 1. The Morgan fingerprint density at radius 2 is 1.44 bits per heavy atom. The zero-order valence-corrected chi connectivity index (χ0v) is 33.2. The summed E-state index contributed by atoms with van der Waals surface area (Å²) in [7, 11) is 4.64. The van der Waals surface area contributed by atoms with Crippen LogP contribution in [0.15, 0.2) is 36.5 Å². The van der Waals surface area contributed by atoms with Gasteiger partial charge in [0.15, 0.2) is 0 Å². The first-order chi connectivity index (χ1) is 27.6. The monoisotopic (exact) mass is 844 g/mol. The first-order valence-electron chi connectivity index (χ1n) is 18.8. The van der Waals surface area contributed by atoms with Gasteiger partial charge in [-0.25, -0.2) is 19.7 Å². The second-order valence-corrected chi connectivity index (χ2v) is 14.1. The Balaban J connectivity index is 0.000000462. The number of nitrogens with two attached hydrogens (primary N) is 1. The molecule has 3 heterocycles. The van der Waals surface area contributed by atoms with Crippen LogP contribution in [0.4, 0.5) is 42.5 Å². The van der Waals surface area contributed by atoms with Gasteiger partial charge in [-0.2, -0.15) is 26.3 Å². The number of hydrogen-bond donors (Lipinski definition) is 4. The van der Waals surface area contributed by atoms with Crippen LogP contribution >= 0.6 is 0 Å². The minimum absolute atomic E-state index is 0.0597. The topological polar surface area (TPSA) is 202 Å². The molecule has 1 aromatic carbocycles. The number of carboxylic acids is 2. The number of aromatic nitrogens is 3. The minimum Gasteiger partial charge on any atom is -0.481 e. The molecule has 1 amide bonds. The van der Waals surface area contributed by atoms with Crippen molar-refractivity contribution in [1.29, 1.82) is 0 Å². The van der Waals surface area contributed by atoms with E-state index in [4.69, 9.17) is 25.4 Å². The lowest BCUT2D eigenvalue weighted by Gasteiger charge is -2.47. The summed E-state index contributed by atoms with van der Waals surface area (Å²) in [5.41, 5.74) is 3.08. The average molecular weight is 845 g/mol. The number of rotatable bonds is 18. The van der Waals surface area contributed by atoms with Gasteiger partial charge in [0.2, 0.25) is 5.88 Å². The molecule has 0 saturated heterocycles. The van der Waals surface area contributed by atoms with E-state index in [1.165, 1.54) is 25.4 Å². The number of carbonyl (C=O) groups is 3. The van der Waals surface area contributed by atoms with Crippen LogP contribution in [-0.2, 0) is 39.5 Å². The number of halogens is 6. The van der Waals surface area contributed by atoms with Crippen molar-refractivity contribution in [3.05, 3.63) is 70.4 Å². The third-order valence-electron chi connectivity index (χ3n) is 9.58. The average Bonchev–Trinajstić information content (AvgIpc) is 3.15. The van der Waals surface area contributed by atoms with E-state index in [9.17, 15) is 45.8 Å². The summed E-state index contributed by atoms with van der Waals surface area (Å²) in [5.74, 6) is -2.08. The fourth-order valence-corrected chi connectivity index (χ4v) is 6.52. The van der Waals surface area contributed by atoms with Crippen LogP contribution in [0.1, 0.15) is 105 Å². The van der Waals surface area contributed by atoms with Gasteiger partial charge in [-0.05, 0) is 61.9 Å². The molecule has 0 fully saturated rings. The van der Waals surface area contributed by atoms with Crippen LogP contribution in [0.5, 0.6) is 5.88 Å². The maximum Gasteiger partial charge on any atom is 0.416 e. The van der Waals surface area contributed by atoms with E-state index >= 15 is 0 Å². The minimum atomic E-state index is -5.01. The Morgan fingerprint density at radius 1 is 0.881 bits per heavy atom. The van der Waals surface area contributed by atoms with E-state index in [2.05, 4.69) is 15.0 Å². The molecule has 0 spiro atoms. The third-order valence-corrected chi connectivity index (χ3v) is 9.58. The number of anilines is 2. The third kappa shape index (κ3) is 13.7. The fraction of sp³-hybridized carbons (Fsp3) is 0.538. The number of unbranched alkanes of at least 4 members (excludes halogenated alkanes) is 4. The molecule has 0 bridgehead atoms. The van der Waals surface area contributed by atoms with Gasteiger partial charge in [0.05, 0.1) is 53.1 Å². The molecule has 3 aromatic rings. The Labute approximate surface area is 337 Å². The number of benzene rings is 1. The van der Waals surface area contributed by atoms with Gasteiger partial charge in [-0.3, -0.25) is 14.5 Å². The lowest BCUT2D eigenvalue weighted by Crippen LogP contribution is -2.64. The molecule has 326 valence electrons. The highest BCUT2D eigenvalue weighted by Crippen LogP contribution is 2.44. The summed E-state index contributed by atoms with van der Waals surface area (Å²) in [6.07, 6.45) is -4.78. The zero-order chi connectivity index (χ0) is 44.1. The van der Waals surface area contributed by atoms with Crippen LogP contribution < -0.4 is 20.3 Å². The van der Waals surface area contributed by atoms with Crippen molar-refractivity contribution in [2.24, 2.45) is 5.73 Å². The first kappa shape index (κ1) is 48.1. The molecule has 20 heteroatoms. The van der Waals surface area contributed by atoms with Crippen LogP contribution in [0.3, 0.4) is 0 Å². The van der Waals surface area contributed by atoms with Gasteiger partial charge in [0.25, 0.3) is 0 Å². The number of alkyl halides is 6. The van der Waals surface area contributed by atoms with Crippen LogP contribution in [0.25, 0.3) is 0 Å². The van der Waals surface area contributed by atoms with E-state index < -0.39 is 59.5 Å². The van der Waals surface area contributed by atoms with Crippen LogP contribution in [0, 0.1) is 0 Å². The Kier molecular flexibility index (Phi) is 17.2. The number of fused-ring (bicyclic) bond motifs is 1. The summed E-state index contributed by atoms with van der Waals surface area (Å²) in [4.78, 5) is 48.8. The van der Waals surface area contributed by atoms with E-state index in [1.807, 2.05) is 0 Å². The highest BCUT2D eigenvalue weighted by Gasteiger charge is 2.50. The highest BCUT2D eigenvalue weighted by molar-refractivity contribution is 5.89. The molecule has 1 aliphatic heterocycles. The molecule has 2 atom stereocenters. The quantitative estimate of drug-likeness (QED) is 0.0716. The Hall–Kier alpha value is -5.24. The van der Waals surface area contributed by atoms with E-state index in [-0.39, 0.29) is 60.4 Å². The number of hydrogen-bond acceptors (Lipinski definition) is 10. The SMILES string of the molecule is CCC1(N)C(c2ncc(N(C)C)c(Cc3cc(C(F)(F)F)cc(C(F)(F)F)c3)n2)Cc2nc(OC)ccc2N1C(=O)O.O=C(O)CCCCCOCCCCCC(=O)O. The molecular formula is C39H50F6N6O8. The molecule has 5 N–H and O–H groups in total. The van der Waals surface area contributed by atoms with Gasteiger partial charge in [0, 0.05) is 59.1 Å². The van der Waals surface area contributed by atoms with Gasteiger partial charge < -0.3 is 35.4 Å². The summed E-state index contributed by atoms with van der Waals surface area (Å²) >= 11 is 0. The van der Waals surface area contributed by atoms with Gasteiger partial charge in [-0.1, -0.05) is 19.8 Å². The molecule has 14 nitrogen and oxygen atoms in total. The van der Waals surface area contributed by atoms with E-state index in [0.717, 1.165) is 30.6 Å². The van der Waals surface area contributed by atoms with Crippen LogP contribution in [0.2, 0.25) is 0 Å². The summed E-state index contributed by atoms with van der Waals surface area (Å²) in [6, 6.07) is 4.38. The van der Waals surface area contributed by atoms with Gasteiger partial charge in [0.1, 0.15) is 11.5 Å². The molecule has 2 aromatic heterocycles. The molecule has 2 unspecified atom stereocenters. The van der Waals surface area contributed by atoms with Crippen molar-refractivity contribution in [1.82, 2.24) is 15.0 Å². The zero-order valence-electron chi connectivity index (χ0n) is 33.2. The molecule has 59 heavy (non-hydrogen) atoms. The predicted molar refractivity (Wildman–Crippen MR) is 204 cm³/mol. The van der Waals surface area contributed by atoms with Crippen molar-refractivity contribution in [2.45, 2.75) is 101 Å². The summed E-state index contributed by atoms with van der Waals surface area (Å²) in [6.45, 7) is 3.01. The predicted octanol–water partition coefficient (Wildman–Crippen LogP) is 7.76. The lowest BCUT2D eigenvalue weighted by molar-refractivity contribution is -0.143. The molecule has 0 saturated carbocycles. The number of aliphatic carboxylic acids is 2. The Morgan fingerprint density at radius 3 is 1.90 bits per heavy atom.